The van der Waals surface area contributed by atoms with E-state index in [0.717, 1.165) is 44.2 Å². The Morgan fingerprint density at radius 1 is 1.07 bits per heavy atom. The largest absolute Gasteiger partial charge is 0.497 e. The predicted octanol–water partition coefficient (Wildman–Crippen LogP) is 1.42. The van der Waals surface area contributed by atoms with Crippen LogP contribution in [-0.2, 0) is 6.54 Å². The van der Waals surface area contributed by atoms with Gasteiger partial charge in [0, 0.05) is 17.4 Å². The van der Waals surface area contributed by atoms with Crippen molar-refractivity contribution in [3.05, 3.63) is 59.9 Å². The molecule has 0 amide bonds. The first kappa shape index (κ1) is 19.9. The molecule has 1 fully saturated rings. The third-order valence-corrected chi connectivity index (χ3v) is 5.27. The van der Waals surface area contributed by atoms with Crippen molar-refractivity contribution in [2.75, 3.05) is 49.2 Å². The van der Waals surface area contributed by atoms with E-state index in [1.807, 2.05) is 43.3 Å². The molecule has 0 aliphatic carbocycles. The van der Waals surface area contributed by atoms with E-state index in [4.69, 9.17) is 10.5 Å². The predicted molar refractivity (Wildman–Crippen MR) is 118 cm³/mol. The first-order valence-electron chi connectivity index (χ1n) is 10.2. The SMILES string of the molecule is COc1cccc(N2CC[NH+](Cc3nc(N)nc(Nc4cccc(C)c4)n3)CC2)c1. The average Bonchev–Trinajstić information content (AvgIpc) is 2.74. The minimum atomic E-state index is 0.240. The van der Waals surface area contributed by atoms with E-state index in [1.165, 1.54) is 16.2 Å². The molecule has 0 atom stereocenters. The Hall–Kier alpha value is -3.39. The zero-order valence-corrected chi connectivity index (χ0v) is 17.4. The van der Waals surface area contributed by atoms with Crippen LogP contribution in [-0.4, -0.2) is 48.2 Å². The van der Waals surface area contributed by atoms with Gasteiger partial charge < -0.3 is 25.6 Å². The van der Waals surface area contributed by atoms with Gasteiger partial charge in [-0.05, 0) is 36.8 Å². The quantitative estimate of drug-likeness (QED) is 0.570. The third-order valence-electron chi connectivity index (χ3n) is 5.27. The van der Waals surface area contributed by atoms with Crippen molar-refractivity contribution in [1.82, 2.24) is 15.0 Å². The van der Waals surface area contributed by atoms with Crippen LogP contribution >= 0.6 is 0 Å². The zero-order valence-electron chi connectivity index (χ0n) is 17.4. The van der Waals surface area contributed by atoms with E-state index >= 15 is 0 Å². The fourth-order valence-electron chi connectivity index (χ4n) is 3.71. The normalized spacial score (nSPS) is 14.5. The fraction of sp³-hybridized carbons (Fsp3) is 0.318. The van der Waals surface area contributed by atoms with Crippen LogP contribution in [0.2, 0.25) is 0 Å². The molecule has 30 heavy (non-hydrogen) atoms. The van der Waals surface area contributed by atoms with Crippen molar-refractivity contribution in [2.24, 2.45) is 0 Å². The number of aromatic nitrogens is 3. The smallest absolute Gasteiger partial charge is 0.232 e. The lowest BCUT2D eigenvalue weighted by atomic mass is 10.2. The van der Waals surface area contributed by atoms with Gasteiger partial charge in [0.2, 0.25) is 11.9 Å². The Morgan fingerprint density at radius 2 is 1.87 bits per heavy atom. The summed E-state index contributed by atoms with van der Waals surface area (Å²) in [6, 6.07) is 16.3. The lowest BCUT2D eigenvalue weighted by Gasteiger charge is -2.33. The lowest BCUT2D eigenvalue weighted by molar-refractivity contribution is -0.915. The summed E-state index contributed by atoms with van der Waals surface area (Å²) >= 11 is 0. The second-order valence-electron chi connectivity index (χ2n) is 7.54. The number of nitrogens with one attached hydrogen (secondary N) is 2. The van der Waals surface area contributed by atoms with Gasteiger partial charge in [-0.3, -0.25) is 0 Å². The van der Waals surface area contributed by atoms with Gasteiger partial charge in [0.05, 0.1) is 33.3 Å². The molecule has 1 aliphatic heterocycles. The molecule has 1 aromatic heterocycles. The van der Waals surface area contributed by atoms with Crippen LogP contribution in [0.15, 0.2) is 48.5 Å². The van der Waals surface area contributed by atoms with Crippen molar-refractivity contribution in [3.63, 3.8) is 0 Å². The van der Waals surface area contributed by atoms with Gasteiger partial charge in [0.25, 0.3) is 0 Å². The van der Waals surface area contributed by atoms with Gasteiger partial charge in [-0.15, -0.1) is 0 Å². The summed E-state index contributed by atoms with van der Waals surface area (Å²) in [7, 11) is 1.70. The van der Waals surface area contributed by atoms with E-state index in [-0.39, 0.29) is 5.95 Å². The lowest BCUT2D eigenvalue weighted by Crippen LogP contribution is -3.13. The molecule has 0 saturated carbocycles. The van der Waals surface area contributed by atoms with Gasteiger partial charge in [-0.2, -0.15) is 15.0 Å². The van der Waals surface area contributed by atoms with Gasteiger partial charge in [0.15, 0.2) is 5.82 Å². The van der Waals surface area contributed by atoms with Gasteiger partial charge in [-0.1, -0.05) is 18.2 Å². The number of benzene rings is 2. The first-order chi connectivity index (χ1) is 14.6. The Balaban J connectivity index is 1.38. The van der Waals surface area contributed by atoms with E-state index in [2.05, 4.69) is 37.3 Å². The molecule has 8 nitrogen and oxygen atoms in total. The number of nitrogens with zero attached hydrogens (tertiary/aromatic N) is 4. The van der Waals surface area contributed by atoms with Crippen LogP contribution < -0.4 is 25.6 Å². The number of nitrogens with two attached hydrogens (primary N) is 1. The number of hydrogen-bond donors (Lipinski definition) is 3. The molecule has 2 aromatic carbocycles. The maximum absolute atomic E-state index is 5.94. The van der Waals surface area contributed by atoms with E-state index in [9.17, 15) is 0 Å². The summed E-state index contributed by atoms with van der Waals surface area (Å²) in [6.07, 6.45) is 0. The minimum absolute atomic E-state index is 0.240. The van der Waals surface area contributed by atoms with Crippen LogP contribution in [0.4, 0.5) is 23.3 Å². The number of rotatable bonds is 6. The number of methoxy groups -OCH3 is 1. The summed E-state index contributed by atoms with van der Waals surface area (Å²) in [6.45, 7) is 6.72. The van der Waals surface area contributed by atoms with Crippen LogP contribution in [0.5, 0.6) is 5.75 Å². The maximum atomic E-state index is 5.94. The molecule has 156 valence electrons. The van der Waals surface area contributed by atoms with Gasteiger partial charge in [-0.25, -0.2) is 0 Å². The van der Waals surface area contributed by atoms with Crippen molar-refractivity contribution in [1.29, 1.82) is 0 Å². The van der Waals surface area contributed by atoms with Crippen LogP contribution in [0.1, 0.15) is 11.4 Å². The Bertz CT molecular complexity index is 1000. The monoisotopic (exact) mass is 406 g/mol. The highest BCUT2D eigenvalue weighted by Gasteiger charge is 2.22. The van der Waals surface area contributed by atoms with Crippen LogP contribution in [0, 0.1) is 6.92 Å². The number of hydrogen-bond acceptors (Lipinski definition) is 7. The molecule has 4 N–H and O–H groups in total. The van der Waals surface area contributed by atoms with Crippen molar-refractivity contribution >= 4 is 23.3 Å². The standard InChI is InChI=1S/C22H27N7O/c1-16-5-3-6-17(13-16)24-22-26-20(25-21(23)27-22)15-28-9-11-29(12-10-28)18-7-4-8-19(14-18)30-2/h3-8,13-14H,9-12,15H2,1-2H3,(H3,23,24,25,26,27)/p+1. The number of quaternary nitrogens is 1. The molecule has 3 aromatic rings. The summed E-state index contributed by atoms with van der Waals surface area (Å²) in [5.74, 6) is 2.32. The first-order valence-corrected chi connectivity index (χ1v) is 10.2. The summed E-state index contributed by atoms with van der Waals surface area (Å²) in [4.78, 5) is 17.0. The van der Waals surface area contributed by atoms with Crippen LogP contribution in [0.25, 0.3) is 0 Å². The Labute approximate surface area is 176 Å². The minimum Gasteiger partial charge on any atom is -0.497 e. The van der Waals surface area contributed by atoms with Crippen molar-refractivity contribution < 1.29 is 9.64 Å². The fourth-order valence-corrected chi connectivity index (χ4v) is 3.71. The van der Waals surface area contributed by atoms with Crippen molar-refractivity contribution in [2.45, 2.75) is 13.5 Å². The highest BCUT2D eigenvalue weighted by atomic mass is 16.5. The van der Waals surface area contributed by atoms with Gasteiger partial charge >= 0.3 is 0 Å². The zero-order chi connectivity index (χ0) is 20.9. The second kappa shape index (κ2) is 8.96. The number of anilines is 4. The topological polar surface area (TPSA) is 93.6 Å². The Kier molecular flexibility index (Phi) is 5.94. The molecular formula is C22H28N7O+. The molecule has 2 heterocycles. The van der Waals surface area contributed by atoms with E-state index < -0.39 is 0 Å². The second-order valence-corrected chi connectivity index (χ2v) is 7.54. The number of ether oxygens (including phenoxy) is 1. The van der Waals surface area contributed by atoms with E-state index in [1.54, 1.807) is 7.11 Å². The molecule has 4 rings (SSSR count). The maximum Gasteiger partial charge on any atom is 0.232 e. The molecule has 1 aliphatic rings. The summed E-state index contributed by atoms with van der Waals surface area (Å²) in [5, 5.41) is 3.23. The van der Waals surface area contributed by atoms with Crippen LogP contribution in [0.3, 0.4) is 0 Å². The number of aryl methyl sites for hydroxylation is 1. The van der Waals surface area contributed by atoms with Gasteiger partial charge in [0.1, 0.15) is 12.3 Å². The Morgan fingerprint density at radius 3 is 2.63 bits per heavy atom. The molecule has 0 radical (unpaired) electrons. The molecule has 8 heteroatoms. The average molecular weight is 407 g/mol. The number of piperazine rings is 1. The number of nitrogen functional groups attached to an aromatic ring is 1. The molecular weight excluding hydrogens is 378 g/mol. The molecule has 1 saturated heterocycles. The molecule has 0 bridgehead atoms. The summed E-state index contributed by atoms with van der Waals surface area (Å²) in [5.41, 5.74) is 9.24. The molecule has 0 unspecified atom stereocenters. The third kappa shape index (κ3) is 4.96. The highest BCUT2D eigenvalue weighted by Crippen LogP contribution is 2.20. The molecule has 0 spiro atoms. The van der Waals surface area contributed by atoms with Crippen molar-refractivity contribution in [3.8, 4) is 5.75 Å². The van der Waals surface area contributed by atoms with E-state index in [0.29, 0.717) is 11.8 Å². The summed E-state index contributed by atoms with van der Waals surface area (Å²) < 4.78 is 5.35. The highest BCUT2D eigenvalue weighted by molar-refractivity contribution is 5.55.